The molecule has 2 amide bonds. The number of hydrogen-bond acceptors (Lipinski definition) is 4. The fourth-order valence-corrected chi connectivity index (χ4v) is 4.35. The van der Waals surface area contributed by atoms with E-state index in [0.29, 0.717) is 51.0 Å². The Labute approximate surface area is 199 Å². The van der Waals surface area contributed by atoms with Gasteiger partial charge in [0.15, 0.2) is 0 Å². The lowest BCUT2D eigenvalue weighted by molar-refractivity contribution is -0.118. The third kappa shape index (κ3) is 5.09. The molecule has 1 aliphatic carbocycles. The number of aromatic nitrogens is 1. The summed E-state index contributed by atoms with van der Waals surface area (Å²) in [5.74, 6) is 1.42. The molecule has 7 nitrogen and oxygen atoms in total. The smallest absolute Gasteiger partial charge is 0.270 e. The molecule has 3 aromatic rings. The zero-order valence-corrected chi connectivity index (χ0v) is 19.5. The van der Waals surface area contributed by atoms with Crippen LogP contribution in [-0.4, -0.2) is 66.1 Å². The van der Waals surface area contributed by atoms with E-state index in [4.69, 9.17) is 9.47 Å². The third-order valence-corrected chi connectivity index (χ3v) is 6.59. The minimum absolute atomic E-state index is 0.0457. The van der Waals surface area contributed by atoms with Crippen LogP contribution in [0, 0.1) is 0 Å². The second-order valence-corrected chi connectivity index (χ2v) is 9.19. The Kier molecular flexibility index (Phi) is 6.54. The van der Waals surface area contributed by atoms with Gasteiger partial charge in [-0.3, -0.25) is 9.59 Å². The largest absolute Gasteiger partial charge is 0.486 e. The van der Waals surface area contributed by atoms with Crippen LogP contribution in [0.5, 0.6) is 5.75 Å². The summed E-state index contributed by atoms with van der Waals surface area (Å²) in [5, 5.41) is 1.08. The van der Waals surface area contributed by atoms with Gasteiger partial charge in [0, 0.05) is 37.1 Å². The zero-order valence-electron chi connectivity index (χ0n) is 19.5. The first-order valence-corrected chi connectivity index (χ1v) is 12.1. The number of hydrogen-bond donors (Lipinski definition) is 1. The molecule has 5 rings (SSSR count). The number of benzene rings is 2. The maximum Gasteiger partial charge on any atom is 0.270 e. The lowest BCUT2D eigenvalue weighted by Gasteiger charge is -2.27. The Morgan fingerprint density at radius 1 is 1.15 bits per heavy atom. The van der Waals surface area contributed by atoms with E-state index in [2.05, 4.69) is 23.2 Å². The van der Waals surface area contributed by atoms with E-state index in [9.17, 15) is 9.59 Å². The molecule has 1 saturated heterocycles. The minimum Gasteiger partial charge on any atom is -0.486 e. The van der Waals surface area contributed by atoms with E-state index in [1.807, 2.05) is 37.3 Å². The van der Waals surface area contributed by atoms with E-state index < -0.39 is 0 Å². The first kappa shape index (κ1) is 22.5. The third-order valence-electron chi connectivity index (χ3n) is 6.59. The summed E-state index contributed by atoms with van der Waals surface area (Å²) >= 11 is 0. The van der Waals surface area contributed by atoms with Crippen LogP contribution in [0.15, 0.2) is 48.5 Å². The summed E-state index contributed by atoms with van der Waals surface area (Å²) in [6.45, 7) is 5.14. The quantitative estimate of drug-likeness (QED) is 0.439. The Balaban J connectivity index is 1.20. The van der Waals surface area contributed by atoms with Crippen molar-refractivity contribution in [3.05, 3.63) is 65.4 Å². The van der Waals surface area contributed by atoms with Gasteiger partial charge >= 0.3 is 0 Å². The number of likely N-dealkylation sites (N-methyl/N-ethyl adjacent to an activating group) is 1. The van der Waals surface area contributed by atoms with Crippen LogP contribution in [0.4, 0.5) is 0 Å². The predicted octanol–water partition coefficient (Wildman–Crippen LogP) is 3.94. The molecule has 0 unspecified atom stereocenters. The number of ether oxygens (including phenoxy) is 2. The van der Waals surface area contributed by atoms with Crippen LogP contribution in [0.3, 0.4) is 0 Å². The van der Waals surface area contributed by atoms with Gasteiger partial charge in [-0.05, 0) is 67.1 Å². The van der Waals surface area contributed by atoms with Gasteiger partial charge in [-0.25, -0.2) is 0 Å². The Bertz CT molecular complexity index is 1170. The SMILES string of the molecule is CCN(CCN(C=O)Cc1cccc(OC2COC2)c1)C(=O)c1cc2cc(C3CC3)ccc2[nH]1. The summed E-state index contributed by atoms with van der Waals surface area (Å²) in [6, 6.07) is 16.1. The zero-order chi connectivity index (χ0) is 23.5. The molecule has 34 heavy (non-hydrogen) atoms. The highest BCUT2D eigenvalue weighted by Gasteiger charge is 2.24. The van der Waals surface area contributed by atoms with Crippen LogP contribution in [0.1, 0.15) is 47.3 Å². The summed E-state index contributed by atoms with van der Waals surface area (Å²) in [5.41, 5.74) is 3.91. The van der Waals surface area contributed by atoms with Crippen LogP contribution in [0.25, 0.3) is 10.9 Å². The van der Waals surface area contributed by atoms with Crippen molar-refractivity contribution in [2.45, 2.75) is 38.3 Å². The number of amides is 2. The molecule has 7 heteroatoms. The molecule has 1 N–H and O–H groups in total. The molecule has 0 bridgehead atoms. The molecule has 1 saturated carbocycles. The van der Waals surface area contributed by atoms with E-state index in [1.165, 1.54) is 18.4 Å². The first-order chi connectivity index (χ1) is 16.6. The average molecular weight is 462 g/mol. The lowest BCUT2D eigenvalue weighted by Crippen LogP contribution is -2.38. The monoisotopic (exact) mass is 461 g/mol. The molecule has 1 aromatic heterocycles. The van der Waals surface area contributed by atoms with Crippen molar-refractivity contribution in [1.29, 1.82) is 0 Å². The van der Waals surface area contributed by atoms with Gasteiger partial charge in [0.2, 0.25) is 6.41 Å². The Hall–Kier alpha value is -3.32. The topological polar surface area (TPSA) is 74.9 Å². The highest BCUT2D eigenvalue weighted by Crippen LogP contribution is 2.40. The van der Waals surface area contributed by atoms with Crippen molar-refractivity contribution in [3.63, 3.8) is 0 Å². The second-order valence-electron chi connectivity index (χ2n) is 9.19. The number of carbonyl (C=O) groups excluding carboxylic acids is 2. The number of nitrogens with zero attached hydrogens (tertiary/aromatic N) is 2. The molecule has 0 radical (unpaired) electrons. The molecule has 178 valence electrons. The molecular weight excluding hydrogens is 430 g/mol. The Morgan fingerprint density at radius 2 is 2.00 bits per heavy atom. The Morgan fingerprint density at radius 3 is 2.71 bits per heavy atom. The predicted molar refractivity (Wildman–Crippen MR) is 130 cm³/mol. The van der Waals surface area contributed by atoms with Gasteiger partial charge in [-0.2, -0.15) is 0 Å². The van der Waals surface area contributed by atoms with Crippen molar-refractivity contribution in [3.8, 4) is 5.75 Å². The molecule has 2 aromatic carbocycles. The maximum absolute atomic E-state index is 13.2. The number of aromatic amines is 1. The van der Waals surface area contributed by atoms with Crippen LogP contribution < -0.4 is 4.74 Å². The van der Waals surface area contributed by atoms with E-state index in [1.54, 1.807) is 9.80 Å². The normalized spacial score (nSPS) is 15.7. The van der Waals surface area contributed by atoms with Crippen LogP contribution in [0.2, 0.25) is 0 Å². The van der Waals surface area contributed by atoms with Gasteiger partial charge in [0.25, 0.3) is 5.91 Å². The summed E-state index contributed by atoms with van der Waals surface area (Å²) in [7, 11) is 0. The molecule has 2 aliphatic rings. The lowest BCUT2D eigenvalue weighted by atomic mass is 10.1. The van der Waals surface area contributed by atoms with Crippen molar-refractivity contribution in [2.75, 3.05) is 32.8 Å². The van der Waals surface area contributed by atoms with Gasteiger partial charge in [-0.1, -0.05) is 18.2 Å². The van der Waals surface area contributed by atoms with Gasteiger partial charge in [0.05, 0.1) is 13.2 Å². The molecule has 0 spiro atoms. The summed E-state index contributed by atoms with van der Waals surface area (Å²) in [6.07, 6.45) is 3.46. The summed E-state index contributed by atoms with van der Waals surface area (Å²) in [4.78, 5) is 31.7. The first-order valence-electron chi connectivity index (χ1n) is 12.1. The molecular formula is C27H31N3O4. The number of rotatable bonds is 11. The van der Waals surface area contributed by atoms with Crippen LogP contribution >= 0.6 is 0 Å². The van der Waals surface area contributed by atoms with Crippen molar-refractivity contribution < 1.29 is 19.1 Å². The second kappa shape index (κ2) is 9.89. The highest BCUT2D eigenvalue weighted by molar-refractivity contribution is 5.98. The van der Waals surface area contributed by atoms with Gasteiger partial charge in [-0.15, -0.1) is 0 Å². The highest BCUT2D eigenvalue weighted by atomic mass is 16.6. The number of carbonyl (C=O) groups is 2. The van der Waals surface area contributed by atoms with E-state index >= 15 is 0 Å². The van der Waals surface area contributed by atoms with Gasteiger partial charge < -0.3 is 24.3 Å². The van der Waals surface area contributed by atoms with Crippen molar-refractivity contribution in [2.24, 2.45) is 0 Å². The van der Waals surface area contributed by atoms with E-state index in [-0.39, 0.29) is 12.0 Å². The number of H-pyrrole nitrogens is 1. The number of fused-ring (bicyclic) bond motifs is 1. The summed E-state index contributed by atoms with van der Waals surface area (Å²) < 4.78 is 11.0. The minimum atomic E-state index is -0.0457. The van der Waals surface area contributed by atoms with E-state index in [0.717, 1.165) is 28.6 Å². The maximum atomic E-state index is 13.2. The van der Waals surface area contributed by atoms with Crippen molar-refractivity contribution >= 4 is 23.2 Å². The average Bonchev–Trinajstić information content (AvgIpc) is 3.59. The fraction of sp³-hybridized carbons (Fsp3) is 0.407. The van der Waals surface area contributed by atoms with Crippen molar-refractivity contribution in [1.82, 2.24) is 14.8 Å². The van der Waals surface area contributed by atoms with Crippen LogP contribution in [-0.2, 0) is 16.1 Å². The molecule has 0 atom stereocenters. The standard InChI is InChI=1S/C27H31N3O4/c1-2-30(27(32)26-14-22-13-21(20-6-7-20)8-9-25(22)28-26)11-10-29(18-31)15-19-4-3-5-23(12-19)34-24-16-33-17-24/h3-5,8-9,12-14,18,20,24,28H,2,6-7,10-11,15-17H2,1H3. The molecule has 2 fully saturated rings. The molecule has 2 heterocycles. The molecule has 1 aliphatic heterocycles. The number of nitrogens with one attached hydrogen (secondary N) is 1. The fourth-order valence-electron chi connectivity index (χ4n) is 4.35. The van der Waals surface area contributed by atoms with Gasteiger partial charge in [0.1, 0.15) is 17.5 Å².